The SMILES string of the molecule is O=C(Nc1cc2cn([C@H]3C[C@H](CI)C3)nc2cc1C(F)F)c1cccc(C(F)(F)F)n1. The predicted octanol–water partition coefficient (Wildman–Crippen LogP) is 6.03. The Morgan fingerprint density at radius 2 is 2.00 bits per heavy atom. The summed E-state index contributed by atoms with van der Waals surface area (Å²) in [5.41, 5.74) is -2.05. The Labute approximate surface area is 187 Å². The lowest BCUT2D eigenvalue weighted by atomic mass is 9.82. The second-order valence-electron chi connectivity index (χ2n) is 7.41. The Morgan fingerprint density at radius 1 is 1.26 bits per heavy atom. The number of benzene rings is 1. The van der Waals surface area contributed by atoms with Crippen LogP contribution in [-0.2, 0) is 6.18 Å². The highest BCUT2D eigenvalue weighted by Crippen LogP contribution is 2.40. The number of hydrogen-bond donors (Lipinski definition) is 1. The first-order chi connectivity index (χ1) is 14.7. The quantitative estimate of drug-likeness (QED) is 0.240. The molecule has 0 radical (unpaired) electrons. The lowest BCUT2D eigenvalue weighted by Crippen LogP contribution is -2.27. The first-order valence-electron chi connectivity index (χ1n) is 9.38. The van der Waals surface area contributed by atoms with Gasteiger partial charge in [0.15, 0.2) is 0 Å². The number of nitrogens with zero attached hydrogens (tertiary/aromatic N) is 3. The zero-order valence-electron chi connectivity index (χ0n) is 15.8. The Hall–Kier alpha value is -2.31. The van der Waals surface area contributed by atoms with Crippen molar-refractivity contribution in [3.63, 3.8) is 0 Å². The van der Waals surface area contributed by atoms with Gasteiger partial charge in [0.1, 0.15) is 11.4 Å². The van der Waals surface area contributed by atoms with Gasteiger partial charge in [-0.1, -0.05) is 28.7 Å². The van der Waals surface area contributed by atoms with Crippen LogP contribution in [0.1, 0.15) is 47.1 Å². The average Bonchev–Trinajstić information content (AvgIpc) is 3.08. The standard InChI is InChI=1S/C20H16F5IN4O/c21-18(22)13-7-15-11(9-30(29-15)12-4-10(5-12)8-26)6-16(13)28-19(31)14-2-1-3-17(27-14)20(23,24)25/h1-3,6-7,9-10,12,18H,4-5,8H2,(H,28,31)/t10-,12-. The number of anilines is 1. The average molecular weight is 550 g/mol. The Balaban J connectivity index is 1.63. The Morgan fingerprint density at radius 3 is 2.65 bits per heavy atom. The summed E-state index contributed by atoms with van der Waals surface area (Å²) < 4.78 is 68.6. The number of fused-ring (bicyclic) bond motifs is 1. The number of carbonyl (C=O) groups excluding carboxylic acids is 1. The number of nitrogens with one attached hydrogen (secondary N) is 1. The molecule has 1 aromatic carbocycles. The van der Waals surface area contributed by atoms with Crippen LogP contribution < -0.4 is 5.32 Å². The number of amides is 1. The maximum absolute atomic E-state index is 13.6. The maximum atomic E-state index is 13.6. The zero-order valence-corrected chi connectivity index (χ0v) is 18.0. The molecule has 2 aromatic heterocycles. The van der Waals surface area contributed by atoms with Gasteiger partial charge in [0.25, 0.3) is 12.3 Å². The van der Waals surface area contributed by atoms with E-state index in [9.17, 15) is 26.7 Å². The number of rotatable bonds is 5. The second kappa shape index (κ2) is 8.32. The fraction of sp³-hybridized carbons (Fsp3) is 0.350. The summed E-state index contributed by atoms with van der Waals surface area (Å²) in [5, 5.41) is 7.22. The molecule has 0 saturated heterocycles. The van der Waals surface area contributed by atoms with Crippen molar-refractivity contribution in [3.05, 3.63) is 53.5 Å². The third-order valence-corrected chi connectivity index (χ3v) is 6.50. The van der Waals surface area contributed by atoms with E-state index in [2.05, 4.69) is 38.0 Å². The van der Waals surface area contributed by atoms with Gasteiger partial charge in [-0.2, -0.15) is 18.3 Å². The van der Waals surface area contributed by atoms with E-state index in [1.165, 1.54) is 12.1 Å². The number of halogens is 6. The number of alkyl halides is 6. The van der Waals surface area contributed by atoms with Crippen molar-refractivity contribution in [2.24, 2.45) is 5.92 Å². The van der Waals surface area contributed by atoms with Gasteiger partial charge in [-0.05, 0) is 43.0 Å². The summed E-state index contributed by atoms with van der Waals surface area (Å²) in [6.45, 7) is 0. The summed E-state index contributed by atoms with van der Waals surface area (Å²) in [7, 11) is 0. The minimum atomic E-state index is -4.73. The molecule has 164 valence electrons. The molecule has 1 amide bonds. The first-order valence-corrected chi connectivity index (χ1v) is 10.9. The molecule has 1 aliphatic rings. The van der Waals surface area contributed by atoms with Crippen molar-refractivity contribution in [2.75, 3.05) is 9.74 Å². The minimum Gasteiger partial charge on any atom is -0.320 e. The second-order valence-corrected chi connectivity index (χ2v) is 8.29. The van der Waals surface area contributed by atoms with Gasteiger partial charge in [0, 0.05) is 21.6 Å². The summed E-state index contributed by atoms with van der Waals surface area (Å²) in [4.78, 5) is 15.7. The van der Waals surface area contributed by atoms with Crippen molar-refractivity contribution in [2.45, 2.75) is 31.5 Å². The lowest BCUT2D eigenvalue weighted by Gasteiger charge is -2.34. The molecule has 4 rings (SSSR count). The van der Waals surface area contributed by atoms with Crippen LogP contribution in [0.15, 0.2) is 36.5 Å². The Bertz CT molecular complexity index is 1120. The number of pyridine rings is 1. The summed E-state index contributed by atoms with van der Waals surface area (Å²) in [5.74, 6) is -0.395. The van der Waals surface area contributed by atoms with E-state index in [0.717, 1.165) is 35.5 Å². The van der Waals surface area contributed by atoms with Gasteiger partial charge < -0.3 is 5.32 Å². The van der Waals surface area contributed by atoms with Gasteiger partial charge in [0.2, 0.25) is 0 Å². The van der Waals surface area contributed by atoms with Gasteiger partial charge in [0.05, 0.1) is 17.2 Å². The fourth-order valence-corrected chi connectivity index (χ4v) is 4.25. The number of carbonyl (C=O) groups is 1. The fourth-order valence-electron chi connectivity index (χ4n) is 3.53. The Kier molecular flexibility index (Phi) is 5.88. The van der Waals surface area contributed by atoms with Gasteiger partial charge in [-0.25, -0.2) is 13.8 Å². The van der Waals surface area contributed by atoms with E-state index in [1.54, 1.807) is 10.9 Å². The van der Waals surface area contributed by atoms with Crippen LogP contribution >= 0.6 is 22.6 Å². The van der Waals surface area contributed by atoms with Crippen LogP contribution in [0.2, 0.25) is 0 Å². The largest absolute Gasteiger partial charge is 0.433 e. The van der Waals surface area contributed by atoms with Crippen molar-refractivity contribution in [3.8, 4) is 0 Å². The minimum absolute atomic E-state index is 0.190. The molecule has 31 heavy (non-hydrogen) atoms. The normalized spacial score (nSPS) is 18.9. The molecule has 1 N–H and O–H groups in total. The molecule has 0 atom stereocenters. The van der Waals surface area contributed by atoms with E-state index < -0.39 is 35.5 Å². The molecule has 0 spiro atoms. The molecule has 3 aromatic rings. The lowest BCUT2D eigenvalue weighted by molar-refractivity contribution is -0.141. The summed E-state index contributed by atoms with van der Waals surface area (Å²) >= 11 is 2.33. The molecule has 0 bridgehead atoms. The van der Waals surface area contributed by atoms with Crippen LogP contribution in [0, 0.1) is 5.92 Å². The zero-order chi connectivity index (χ0) is 22.3. The molecule has 2 heterocycles. The van der Waals surface area contributed by atoms with Crippen molar-refractivity contribution in [1.29, 1.82) is 0 Å². The third kappa shape index (κ3) is 4.51. The molecular formula is C20H16F5IN4O. The number of hydrogen-bond acceptors (Lipinski definition) is 3. The molecule has 1 aliphatic carbocycles. The first kappa shape index (κ1) is 21.9. The molecule has 5 nitrogen and oxygen atoms in total. The van der Waals surface area contributed by atoms with E-state index in [-0.39, 0.29) is 11.7 Å². The molecule has 0 unspecified atom stereocenters. The van der Waals surface area contributed by atoms with E-state index >= 15 is 0 Å². The predicted molar refractivity (Wildman–Crippen MR) is 113 cm³/mol. The maximum Gasteiger partial charge on any atom is 0.433 e. The van der Waals surface area contributed by atoms with Crippen LogP contribution in [0.25, 0.3) is 10.9 Å². The van der Waals surface area contributed by atoms with Crippen LogP contribution in [-0.4, -0.2) is 25.1 Å². The van der Waals surface area contributed by atoms with Crippen molar-refractivity contribution in [1.82, 2.24) is 14.8 Å². The molecule has 1 fully saturated rings. The van der Waals surface area contributed by atoms with Gasteiger partial charge in [-0.15, -0.1) is 0 Å². The molecular weight excluding hydrogens is 534 g/mol. The third-order valence-electron chi connectivity index (χ3n) is 5.25. The molecule has 0 aliphatic heterocycles. The van der Waals surface area contributed by atoms with Crippen LogP contribution in [0.4, 0.5) is 27.6 Å². The van der Waals surface area contributed by atoms with Crippen molar-refractivity contribution >= 4 is 45.1 Å². The highest BCUT2D eigenvalue weighted by Gasteiger charge is 2.33. The summed E-state index contributed by atoms with van der Waals surface area (Å²) in [6, 6.07) is 5.61. The van der Waals surface area contributed by atoms with E-state index in [4.69, 9.17) is 0 Å². The topological polar surface area (TPSA) is 59.8 Å². The number of aromatic nitrogens is 3. The molecule has 11 heteroatoms. The van der Waals surface area contributed by atoms with Crippen molar-refractivity contribution < 1.29 is 26.7 Å². The smallest absolute Gasteiger partial charge is 0.320 e. The molecule has 1 saturated carbocycles. The van der Waals surface area contributed by atoms with E-state index in [0.29, 0.717) is 16.8 Å². The van der Waals surface area contributed by atoms with E-state index in [1.807, 2.05) is 0 Å². The van der Waals surface area contributed by atoms with Crippen LogP contribution in [0.3, 0.4) is 0 Å². The highest BCUT2D eigenvalue weighted by atomic mass is 127. The monoisotopic (exact) mass is 550 g/mol. The van der Waals surface area contributed by atoms with Gasteiger partial charge in [-0.3, -0.25) is 9.48 Å². The van der Waals surface area contributed by atoms with Crippen LogP contribution in [0.5, 0.6) is 0 Å². The highest BCUT2D eigenvalue weighted by molar-refractivity contribution is 14.1. The summed E-state index contributed by atoms with van der Waals surface area (Å²) in [6.07, 6.45) is -3.98. The van der Waals surface area contributed by atoms with Gasteiger partial charge >= 0.3 is 6.18 Å².